The van der Waals surface area contributed by atoms with E-state index in [1.54, 1.807) is 0 Å². The molecular formula is C30H46BrN3O5. The van der Waals surface area contributed by atoms with E-state index in [4.69, 9.17) is 0 Å². The largest absolute Gasteiger partial charge is 1.00 e. The Labute approximate surface area is 243 Å². The number of aliphatic hydroxyl groups excluding tert-OH is 2. The van der Waals surface area contributed by atoms with Crippen LogP contribution in [0.25, 0.3) is 0 Å². The number of carbonyl (C=O) groups is 1. The molecule has 3 N–H and O–H groups in total. The molecule has 1 amide bonds. The number of nitro groups is 1. The molecule has 39 heavy (non-hydrogen) atoms. The molecule has 218 valence electrons. The number of unbranched alkanes of at least 4 members (excludes halogenated alkanes) is 12. The van der Waals surface area contributed by atoms with Gasteiger partial charge in [0.2, 0.25) is 5.91 Å². The number of nitrogens with zero attached hydrogens (tertiary/aromatic N) is 2. The molecule has 0 unspecified atom stereocenters. The Hall–Kier alpha value is -2.36. The number of rotatable bonds is 21. The van der Waals surface area contributed by atoms with Gasteiger partial charge in [0.15, 0.2) is 12.4 Å². The van der Waals surface area contributed by atoms with Gasteiger partial charge in [-0.25, -0.2) is 4.57 Å². The highest BCUT2D eigenvalue weighted by Gasteiger charge is 2.22. The van der Waals surface area contributed by atoms with Gasteiger partial charge in [-0.3, -0.25) is 14.9 Å². The number of benzene rings is 1. The van der Waals surface area contributed by atoms with E-state index >= 15 is 0 Å². The zero-order chi connectivity index (χ0) is 27.4. The van der Waals surface area contributed by atoms with Gasteiger partial charge in [-0.1, -0.05) is 70.3 Å². The normalized spacial score (nSPS) is 12.4. The predicted molar refractivity (Wildman–Crippen MR) is 148 cm³/mol. The van der Waals surface area contributed by atoms with Crippen LogP contribution in [0.3, 0.4) is 0 Å². The Kier molecular flexibility index (Phi) is 19.1. The van der Waals surface area contributed by atoms with Gasteiger partial charge >= 0.3 is 0 Å². The molecule has 0 spiro atoms. The van der Waals surface area contributed by atoms with Crippen molar-refractivity contribution in [2.45, 2.75) is 109 Å². The molecule has 1 aromatic carbocycles. The maximum Gasteiger partial charge on any atom is 0.269 e. The lowest BCUT2D eigenvalue weighted by atomic mass is 10.0. The third-order valence-electron chi connectivity index (χ3n) is 6.97. The lowest BCUT2D eigenvalue weighted by Crippen LogP contribution is -3.00. The number of aromatic nitrogens is 1. The molecule has 0 aliphatic heterocycles. The van der Waals surface area contributed by atoms with Crippen LogP contribution in [0.15, 0.2) is 54.9 Å². The predicted octanol–water partition coefficient (Wildman–Crippen LogP) is 2.56. The summed E-state index contributed by atoms with van der Waals surface area (Å²) in [5.74, 6) is -0.205. The smallest absolute Gasteiger partial charge is 0.269 e. The second kappa shape index (κ2) is 21.5. The molecule has 0 aliphatic carbocycles. The molecule has 0 radical (unpaired) electrons. The van der Waals surface area contributed by atoms with Gasteiger partial charge in [0.1, 0.15) is 12.6 Å². The van der Waals surface area contributed by atoms with E-state index in [-0.39, 0.29) is 28.6 Å². The monoisotopic (exact) mass is 607 g/mol. The average Bonchev–Trinajstić information content (AvgIpc) is 2.94. The molecule has 1 aromatic heterocycles. The number of amides is 1. The summed E-state index contributed by atoms with van der Waals surface area (Å²) in [6.45, 7) is 0.694. The zero-order valence-corrected chi connectivity index (χ0v) is 24.6. The molecule has 2 atom stereocenters. The van der Waals surface area contributed by atoms with E-state index < -0.39 is 23.7 Å². The molecule has 1 heterocycles. The lowest BCUT2D eigenvalue weighted by molar-refractivity contribution is -0.697. The van der Waals surface area contributed by atoms with Gasteiger partial charge in [-0.05, 0) is 30.5 Å². The molecule has 8 nitrogen and oxygen atoms in total. The van der Waals surface area contributed by atoms with E-state index in [2.05, 4.69) is 40.5 Å². The summed E-state index contributed by atoms with van der Waals surface area (Å²) < 4.78 is 2.25. The first-order chi connectivity index (χ1) is 18.5. The standard InChI is InChI=1S/C30H45N3O5.BrH/c34-25-28(30(36)26-18-20-27(21-19-26)33(37)38)31-29(35)17-13-10-8-6-4-2-1-3-5-7-9-11-14-22-32-23-15-12-16-24-32;/h12,15-16,18-21,23-24,28,30,34,36H,1-11,13-14,17,22,25H2;1H/t28-,30-;/m1./s1. The fraction of sp³-hybridized carbons (Fsp3) is 0.600. The number of hydrogen-bond acceptors (Lipinski definition) is 5. The molecule has 0 fully saturated rings. The summed E-state index contributed by atoms with van der Waals surface area (Å²) in [5, 5.41) is 33.5. The van der Waals surface area contributed by atoms with Crippen LogP contribution in [0.4, 0.5) is 5.69 Å². The molecule has 0 bridgehead atoms. The Morgan fingerprint density at radius 1 is 0.821 bits per heavy atom. The first-order valence-electron chi connectivity index (χ1n) is 14.3. The first-order valence-corrected chi connectivity index (χ1v) is 14.3. The van der Waals surface area contributed by atoms with Crippen molar-refractivity contribution in [2.24, 2.45) is 0 Å². The Morgan fingerprint density at radius 3 is 1.79 bits per heavy atom. The van der Waals surface area contributed by atoms with Crippen molar-refractivity contribution in [3.05, 3.63) is 70.5 Å². The number of non-ortho nitro benzene ring substituents is 1. The van der Waals surface area contributed by atoms with Gasteiger partial charge in [0.05, 0.1) is 17.6 Å². The summed E-state index contributed by atoms with van der Waals surface area (Å²) in [6.07, 6.45) is 19.3. The highest BCUT2D eigenvalue weighted by atomic mass is 79.9. The third kappa shape index (κ3) is 15.1. The van der Waals surface area contributed by atoms with Crippen LogP contribution in [-0.2, 0) is 11.3 Å². The fourth-order valence-corrected chi connectivity index (χ4v) is 4.64. The SMILES string of the molecule is O=C(CCCCCCCCCCCCCCC[n+]1ccccc1)N[C@H](CO)[C@H](O)c1ccc([N+](=O)[O-])cc1.[Br-]. The summed E-state index contributed by atoms with van der Waals surface area (Å²) in [4.78, 5) is 22.5. The number of halogens is 1. The number of aliphatic hydroxyl groups is 2. The Bertz CT molecular complexity index is 915. The average molecular weight is 609 g/mol. The summed E-state index contributed by atoms with van der Waals surface area (Å²) in [6, 6.07) is 10.8. The van der Waals surface area contributed by atoms with Crippen LogP contribution in [0.2, 0.25) is 0 Å². The van der Waals surface area contributed by atoms with Crippen LogP contribution < -0.4 is 26.9 Å². The summed E-state index contributed by atoms with van der Waals surface area (Å²) >= 11 is 0. The first kappa shape index (κ1) is 34.7. The number of carbonyl (C=O) groups excluding carboxylic acids is 1. The highest BCUT2D eigenvalue weighted by Crippen LogP contribution is 2.21. The molecule has 0 aliphatic rings. The van der Waals surface area contributed by atoms with Gasteiger partial charge in [0.25, 0.3) is 5.69 Å². The molecule has 0 saturated carbocycles. The number of hydrogen-bond donors (Lipinski definition) is 3. The van der Waals surface area contributed by atoms with Gasteiger partial charge in [-0.2, -0.15) is 0 Å². The fourth-order valence-electron chi connectivity index (χ4n) is 4.64. The maximum atomic E-state index is 12.3. The van der Waals surface area contributed by atoms with Crippen LogP contribution in [0.1, 0.15) is 102 Å². The summed E-state index contributed by atoms with van der Waals surface area (Å²) in [7, 11) is 0. The minimum atomic E-state index is -1.14. The van der Waals surface area contributed by atoms with Gasteiger partial charge in [-0.15, -0.1) is 0 Å². The van der Waals surface area contributed by atoms with Crippen molar-refractivity contribution >= 4 is 11.6 Å². The van der Waals surface area contributed by atoms with Crippen LogP contribution >= 0.6 is 0 Å². The van der Waals surface area contributed by atoms with Crippen LogP contribution in [0.5, 0.6) is 0 Å². The Balaban J connectivity index is 0.00000760. The lowest BCUT2D eigenvalue weighted by Gasteiger charge is -2.22. The Morgan fingerprint density at radius 2 is 1.31 bits per heavy atom. The van der Waals surface area contributed by atoms with E-state index in [1.165, 1.54) is 88.5 Å². The second-order valence-corrected chi connectivity index (χ2v) is 10.1. The van der Waals surface area contributed by atoms with Crippen molar-refractivity contribution in [3.63, 3.8) is 0 Å². The molecule has 0 saturated heterocycles. The van der Waals surface area contributed by atoms with Crippen molar-refractivity contribution in [1.29, 1.82) is 0 Å². The minimum Gasteiger partial charge on any atom is -1.00 e. The molecule has 2 rings (SSSR count). The van der Waals surface area contributed by atoms with Gasteiger partial charge in [0, 0.05) is 37.1 Å². The maximum absolute atomic E-state index is 12.3. The number of pyridine rings is 1. The topological polar surface area (TPSA) is 117 Å². The van der Waals surface area contributed by atoms with Crippen molar-refractivity contribution in [2.75, 3.05) is 6.61 Å². The van der Waals surface area contributed by atoms with E-state index in [0.29, 0.717) is 12.0 Å². The van der Waals surface area contributed by atoms with Crippen LogP contribution in [-0.4, -0.2) is 33.7 Å². The van der Waals surface area contributed by atoms with E-state index in [1.807, 2.05) is 0 Å². The highest BCUT2D eigenvalue weighted by molar-refractivity contribution is 5.76. The van der Waals surface area contributed by atoms with Crippen LogP contribution in [0, 0.1) is 10.1 Å². The van der Waals surface area contributed by atoms with E-state index in [9.17, 15) is 25.1 Å². The van der Waals surface area contributed by atoms with Gasteiger partial charge < -0.3 is 32.5 Å². The van der Waals surface area contributed by atoms with E-state index in [0.717, 1.165) is 25.8 Å². The quantitative estimate of drug-likeness (QED) is 0.0873. The molecular weight excluding hydrogens is 562 g/mol. The van der Waals surface area contributed by atoms with Crippen molar-refractivity contribution in [3.8, 4) is 0 Å². The zero-order valence-electron chi connectivity index (χ0n) is 23.1. The molecule has 9 heteroatoms. The summed E-state index contributed by atoms with van der Waals surface area (Å²) in [5.41, 5.74) is 0.332. The molecule has 2 aromatic rings. The number of aryl methyl sites for hydroxylation is 1. The third-order valence-corrected chi connectivity index (χ3v) is 6.97. The van der Waals surface area contributed by atoms with Crippen molar-refractivity contribution < 1.29 is 41.5 Å². The minimum absolute atomic E-state index is 0. The number of nitrogens with one attached hydrogen (secondary N) is 1. The number of nitro benzene ring substituents is 1. The second-order valence-electron chi connectivity index (χ2n) is 10.1. The van der Waals surface area contributed by atoms with Crippen molar-refractivity contribution in [1.82, 2.24) is 5.32 Å².